The van der Waals surface area contributed by atoms with Crippen LogP contribution in [0.25, 0.3) is 6.08 Å². The average molecular weight is 322 g/mol. The number of ketones is 2. The number of ether oxygens (including phenoxy) is 2. The number of methoxy groups -OCH3 is 1. The van der Waals surface area contributed by atoms with E-state index in [4.69, 9.17) is 9.47 Å². The maximum Gasteiger partial charge on any atom is 0.197 e. The first-order valence-electron chi connectivity index (χ1n) is 7.76. The van der Waals surface area contributed by atoms with E-state index in [1.807, 2.05) is 13.8 Å². The Bertz CT molecular complexity index is 809. The van der Waals surface area contributed by atoms with E-state index in [1.54, 1.807) is 55.7 Å². The number of benzene rings is 2. The second-order valence-corrected chi connectivity index (χ2v) is 5.84. The van der Waals surface area contributed by atoms with Gasteiger partial charge in [-0.05, 0) is 37.6 Å². The molecule has 0 N–H and O–H groups in total. The van der Waals surface area contributed by atoms with Crippen LogP contribution in [0.5, 0.6) is 11.5 Å². The molecule has 0 bridgehead atoms. The third-order valence-electron chi connectivity index (χ3n) is 3.77. The zero-order valence-corrected chi connectivity index (χ0v) is 13.8. The van der Waals surface area contributed by atoms with Gasteiger partial charge in [0.15, 0.2) is 23.1 Å². The lowest BCUT2D eigenvalue weighted by Gasteiger charge is -2.13. The van der Waals surface area contributed by atoms with Crippen LogP contribution in [0.15, 0.2) is 48.0 Å². The van der Waals surface area contributed by atoms with Gasteiger partial charge < -0.3 is 9.47 Å². The molecule has 0 aromatic heterocycles. The van der Waals surface area contributed by atoms with Crippen molar-refractivity contribution in [1.82, 2.24) is 0 Å². The first-order valence-corrected chi connectivity index (χ1v) is 7.76. The molecule has 0 unspecified atom stereocenters. The van der Waals surface area contributed by atoms with Gasteiger partial charge in [0.2, 0.25) is 0 Å². The molecule has 4 heteroatoms. The maximum absolute atomic E-state index is 12.4. The molecule has 2 aromatic carbocycles. The Balaban J connectivity index is 1.98. The lowest BCUT2D eigenvalue weighted by Crippen LogP contribution is -2.06. The van der Waals surface area contributed by atoms with Gasteiger partial charge in [-0.2, -0.15) is 0 Å². The summed E-state index contributed by atoms with van der Waals surface area (Å²) < 4.78 is 11.0. The van der Waals surface area contributed by atoms with E-state index in [9.17, 15) is 9.59 Å². The molecule has 3 rings (SSSR count). The fourth-order valence-electron chi connectivity index (χ4n) is 2.70. The van der Waals surface area contributed by atoms with Crippen LogP contribution < -0.4 is 9.47 Å². The number of Topliss-reactive ketones (excluding diaryl/α,β-unsaturated/α-hetero) is 2. The molecular weight excluding hydrogens is 304 g/mol. The summed E-state index contributed by atoms with van der Waals surface area (Å²) in [5.74, 6) is 0.713. The predicted molar refractivity (Wildman–Crippen MR) is 91.8 cm³/mol. The Labute approximate surface area is 140 Å². The smallest absolute Gasteiger partial charge is 0.197 e. The van der Waals surface area contributed by atoms with Gasteiger partial charge >= 0.3 is 0 Å². The molecule has 0 atom stereocenters. The lowest BCUT2D eigenvalue weighted by atomic mass is 10.1. The molecule has 2 aromatic rings. The molecule has 0 amide bonds. The minimum Gasteiger partial charge on any atom is -0.493 e. The molecule has 24 heavy (non-hydrogen) atoms. The van der Waals surface area contributed by atoms with E-state index in [0.717, 1.165) is 0 Å². The SMILES string of the molecule is COc1cc(C=C2C(=O)c3ccccc3C2=O)ccc1OC(C)C. The summed E-state index contributed by atoms with van der Waals surface area (Å²) in [5, 5.41) is 0. The van der Waals surface area contributed by atoms with Crippen molar-refractivity contribution in [3.8, 4) is 11.5 Å². The molecule has 122 valence electrons. The highest BCUT2D eigenvalue weighted by atomic mass is 16.5. The van der Waals surface area contributed by atoms with Gasteiger partial charge in [-0.1, -0.05) is 30.3 Å². The summed E-state index contributed by atoms with van der Waals surface area (Å²) in [7, 11) is 1.56. The first-order chi connectivity index (χ1) is 11.5. The Morgan fingerprint density at radius 1 is 0.917 bits per heavy atom. The highest BCUT2D eigenvalue weighted by Crippen LogP contribution is 2.32. The fourth-order valence-corrected chi connectivity index (χ4v) is 2.70. The average Bonchev–Trinajstić information content (AvgIpc) is 2.81. The van der Waals surface area contributed by atoms with Crippen molar-refractivity contribution in [1.29, 1.82) is 0 Å². The standard InChI is InChI=1S/C20H18O4/c1-12(2)24-17-9-8-13(11-18(17)23-3)10-16-19(21)14-6-4-5-7-15(14)20(16)22/h4-12H,1-3H3. The Morgan fingerprint density at radius 2 is 1.54 bits per heavy atom. The van der Waals surface area contributed by atoms with Gasteiger partial charge in [-0.3, -0.25) is 9.59 Å². The van der Waals surface area contributed by atoms with Crippen LogP contribution in [-0.4, -0.2) is 24.8 Å². The topological polar surface area (TPSA) is 52.6 Å². The van der Waals surface area contributed by atoms with Crippen LogP contribution >= 0.6 is 0 Å². The van der Waals surface area contributed by atoms with E-state index in [2.05, 4.69) is 0 Å². The minimum absolute atomic E-state index is 0.0237. The van der Waals surface area contributed by atoms with Crippen LogP contribution in [0, 0.1) is 0 Å². The third kappa shape index (κ3) is 2.83. The number of hydrogen-bond acceptors (Lipinski definition) is 4. The molecule has 0 fully saturated rings. The van der Waals surface area contributed by atoms with Crippen LogP contribution in [0.2, 0.25) is 0 Å². The summed E-state index contributed by atoms with van der Waals surface area (Å²) in [6.45, 7) is 3.87. The highest BCUT2D eigenvalue weighted by Gasteiger charge is 2.32. The first kappa shape index (κ1) is 16.0. The Morgan fingerprint density at radius 3 is 2.08 bits per heavy atom. The minimum atomic E-state index is -0.239. The van der Waals surface area contributed by atoms with Gasteiger partial charge in [0, 0.05) is 11.1 Å². The molecule has 1 aliphatic carbocycles. The summed E-state index contributed by atoms with van der Waals surface area (Å²) >= 11 is 0. The zero-order valence-electron chi connectivity index (χ0n) is 13.8. The fraction of sp³-hybridized carbons (Fsp3) is 0.200. The van der Waals surface area contributed by atoms with Crippen molar-refractivity contribution in [3.05, 3.63) is 64.7 Å². The van der Waals surface area contributed by atoms with Crippen molar-refractivity contribution < 1.29 is 19.1 Å². The van der Waals surface area contributed by atoms with E-state index in [1.165, 1.54) is 0 Å². The molecule has 0 saturated heterocycles. The highest BCUT2D eigenvalue weighted by molar-refractivity contribution is 6.41. The van der Waals surface area contributed by atoms with Crippen molar-refractivity contribution in [2.24, 2.45) is 0 Å². The van der Waals surface area contributed by atoms with E-state index < -0.39 is 0 Å². The Hall–Kier alpha value is -2.88. The molecule has 0 heterocycles. The zero-order chi connectivity index (χ0) is 17.3. The van der Waals surface area contributed by atoms with Crippen molar-refractivity contribution in [3.63, 3.8) is 0 Å². The van der Waals surface area contributed by atoms with Crippen molar-refractivity contribution in [2.75, 3.05) is 7.11 Å². The summed E-state index contributed by atoms with van der Waals surface area (Å²) in [4.78, 5) is 24.9. The number of rotatable bonds is 4. The van der Waals surface area contributed by atoms with Gasteiger partial charge in [0.1, 0.15) is 0 Å². The monoisotopic (exact) mass is 322 g/mol. The van der Waals surface area contributed by atoms with Gasteiger partial charge in [0.05, 0.1) is 18.8 Å². The Kier molecular flexibility index (Phi) is 4.21. The normalized spacial score (nSPS) is 13.2. The van der Waals surface area contributed by atoms with E-state index in [0.29, 0.717) is 28.2 Å². The number of carbonyl (C=O) groups is 2. The number of hydrogen-bond donors (Lipinski definition) is 0. The predicted octanol–water partition coefficient (Wildman–Crippen LogP) is 3.95. The summed E-state index contributed by atoms with van der Waals surface area (Å²) in [6, 6.07) is 12.2. The van der Waals surface area contributed by atoms with Gasteiger partial charge in [-0.25, -0.2) is 0 Å². The van der Waals surface area contributed by atoms with E-state index in [-0.39, 0.29) is 23.2 Å². The summed E-state index contributed by atoms with van der Waals surface area (Å²) in [6.07, 6.45) is 1.63. The van der Waals surface area contributed by atoms with Crippen LogP contribution in [0.4, 0.5) is 0 Å². The van der Waals surface area contributed by atoms with Crippen LogP contribution in [0.3, 0.4) is 0 Å². The number of allylic oxidation sites excluding steroid dienone is 1. The number of carbonyl (C=O) groups excluding carboxylic acids is 2. The van der Waals surface area contributed by atoms with Crippen LogP contribution in [-0.2, 0) is 0 Å². The third-order valence-corrected chi connectivity index (χ3v) is 3.77. The molecule has 0 radical (unpaired) electrons. The quantitative estimate of drug-likeness (QED) is 0.632. The maximum atomic E-state index is 12.4. The molecule has 0 aliphatic heterocycles. The van der Waals surface area contributed by atoms with Gasteiger partial charge in [0.25, 0.3) is 0 Å². The van der Waals surface area contributed by atoms with Gasteiger partial charge in [-0.15, -0.1) is 0 Å². The second-order valence-electron chi connectivity index (χ2n) is 5.84. The van der Waals surface area contributed by atoms with Crippen molar-refractivity contribution >= 4 is 17.6 Å². The van der Waals surface area contributed by atoms with E-state index >= 15 is 0 Å². The largest absolute Gasteiger partial charge is 0.493 e. The van der Waals surface area contributed by atoms with Crippen molar-refractivity contribution in [2.45, 2.75) is 20.0 Å². The lowest BCUT2D eigenvalue weighted by molar-refractivity contribution is 0.0990. The molecule has 0 spiro atoms. The molecular formula is C20H18O4. The number of fused-ring (bicyclic) bond motifs is 1. The molecule has 1 aliphatic rings. The molecule has 4 nitrogen and oxygen atoms in total. The molecule has 0 saturated carbocycles. The summed E-state index contributed by atoms with van der Waals surface area (Å²) in [5.41, 5.74) is 1.81. The van der Waals surface area contributed by atoms with Crippen LogP contribution in [0.1, 0.15) is 40.1 Å². The second kappa shape index (κ2) is 6.32.